The fraction of sp³-hybridized carbons (Fsp3) is 0.333. The third kappa shape index (κ3) is 0.735. The Labute approximate surface area is 47.7 Å². The molecule has 44 valence electrons. The van der Waals surface area contributed by atoms with Gasteiger partial charge < -0.3 is 4.57 Å². The average molecular weight is 113 g/mol. The van der Waals surface area contributed by atoms with Crippen molar-refractivity contribution in [1.82, 2.24) is 4.57 Å². The molecule has 1 rings (SSSR count). The summed E-state index contributed by atoms with van der Waals surface area (Å²) in [6.07, 6.45) is 1.72. The van der Waals surface area contributed by atoms with Crippen LogP contribution in [-0.4, -0.2) is 4.57 Å². The molecule has 0 saturated carbocycles. The lowest BCUT2D eigenvalue weighted by molar-refractivity contribution is 0.508. The zero-order valence-electron chi connectivity index (χ0n) is 4.76. The van der Waals surface area contributed by atoms with Gasteiger partial charge >= 0.3 is 0 Å². The molecule has 0 atom stereocenters. The van der Waals surface area contributed by atoms with Crippen LogP contribution < -0.4 is 0 Å². The van der Waals surface area contributed by atoms with Crippen LogP contribution in [0.2, 0.25) is 0 Å². The minimum atomic E-state index is -0.160. The molecule has 0 fully saturated rings. The molecule has 1 aromatic rings. The molecule has 8 heavy (non-hydrogen) atoms. The summed E-state index contributed by atoms with van der Waals surface area (Å²) >= 11 is 0. The Morgan fingerprint density at radius 3 is 2.75 bits per heavy atom. The summed E-state index contributed by atoms with van der Waals surface area (Å²) < 4.78 is 13.9. The van der Waals surface area contributed by atoms with Gasteiger partial charge in [0, 0.05) is 12.7 Å². The average Bonchev–Trinajstić information content (AvgIpc) is 2.14. The summed E-state index contributed by atoms with van der Waals surface area (Å²) in [5, 5.41) is 0. The molecule has 1 heterocycles. The van der Waals surface area contributed by atoms with Crippen molar-refractivity contribution in [2.24, 2.45) is 0 Å². The van der Waals surface area contributed by atoms with E-state index in [1.54, 1.807) is 16.8 Å². The zero-order chi connectivity index (χ0) is 5.98. The molecular weight excluding hydrogens is 105 g/mol. The highest BCUT2D eigenvalue weighted by molar-refractivity contribution is 4.93. The van der Waals surface area contributed by atoms with Gasteiger partial charge in [0.25, 0.3) is 0 Å². The quantitative estimate of drug-likeness (QED) is 0.521. The van der Waals surface area contributed by atoms with Crippen LogP contribution >= 0.6 is 0 Å². The maximum Gasteiger partial charge on any atom is 0.193 e. The number of nitrogens with zero attached hydrogens (tertiary/aromatic N) is 1. The van der Waals surface area contributed by atoms with Crippen LogP contribution in [0.25, 0.3) is 0 Å². The van der Waals surface area contributed by atoms with Crippen LogP contribution in [0.1, 0.15) is 6.92 Å². The first-order chi connectivity index (χ1) is 3.84. The standard InChI is InChI=1S/C6H8FN/c1-2-8-5-3-4-6(8)7/h3-5H,2H2,1H3. The zero-order valence-corrected chi connectivity index (χ0v) is 4.76. The first-order valence-electron chi connectivity index (χ1n) is 2.65. The summed E-state index contributed by atoms with van der Waals surface area (Å²) in [5.41, 5.74) is 0. The number of hydrogen-bond acceptors (Lipinski definition) is 0. The van der Waals surface area contributed by atoms with Crippen molar-refractivity contribution in [3.8, 4) is 0 Å². The van der Waals surface area contributed by atoms with E-state index in [9.17, 15) is 4.39 Å². The van der Waals surface area contributed by atoms with Crippen LogP contribution in [-0.2, 0) is 6.54 Å². The molecule has 0 unspecified atom stereocenters. The van der Waals surface area contributed by atoms with Crippen molar-refractivity contribution >= 4 is 0 Å². The van der Waals surface area contributed by atoms with E-state index in [-0.39, 0.29) is 5.95 Å². The van der Waals surface area contributed by atoms with Crippen LogP contribution in [0, 0.1) is 5.95 Å². The minimum Gasteiger partial charge on any atom is -0.325 e. The molecule has 0 aromatic carbocycles. The van der Waals surface area contributed by atoms with Gasteiger partial charge in [0.2, 0.25) is 0 Å². The lowest BCUT2D eigenvalue weighted by Gasteiger charge is -1.93. The Morgan fingerprint density at radius 2 is 2.50 bits per heavy atom. The molecule has 1 nitrogen and oxygen atoms in total. The monoisotopic (exact) mass is 113 g/mol. The van der Waals surface area contributed by atoms with Crippen LogP contribution in [0.3, 0.4) is 0 Å². The van der Waals surface area contributed by atoms with Gasteiger partial charge in [-0.05, 0) is 19.1 Å². The van der Waals surface area contributed by atoms with Crippen molar-refractivity contribution < 1.29 is 4.39 Å². The summed E-state index contributed by atoms with van der Waals surface area (Å²) in [6, 6.07) is 3.14. The van der Waals surface area contributed by atoms with E-state index in [4.69, 9.17) is 0 Å². The van der Waals surface area contributed by atoms with Gasteiger partial charge in [-0.3, -0.25) is 0 Å². The van der Waals surface area contributed by atoms with Crippen LogP contribution in [0.5, 0.6) is 0 Å². The molecule has 0 spiro atoms. The molecule has 2 heteroatoms. The van der Waals surface area contributed by atoms with Gasteiger partial charge in [0.1, 0.15) is 0 Å². The van der Waals surface area contributed by atoms with Crippen molar-refractivity contribution in [3.05, 3.63) is 24.3 Å². The lowest BCUT2D eigenvalue weighted by Crippen LogP contribution is -1.93. The molecule has 1 aromatic heterocycles. The van der Waals surface area contributed by atoms with Gasteiger partial charge in [-0.15, -0.1) is 0 Å². The van der Waals surface area contributed by atoms with Gasteiger partial charge in [-0.25, -0.2) is 0 Å². The predicted octanol–water partition coefficient (Wildman–Crippen LogP) is 1.65. The second-order valence-corrected chi connectivity index (χ2v) is 1.62. The van der Waals surface area contributed by atoms with Crippen molar-refractivity contribution in [2.75, 3.05) is 0 Å². The summed E-state index contributed by atoms with van der Waals surface area (Å²) in [5.74, 6) is -0.160. The molecule has 0 aliphatic rings. The Hall–Kier alpha value is -0.790. The van der Waals surface area contributed by atoms with E-state index in [2.05, 4.69) is 0 Å². The highest BCUT2D eigenvalue weighted by Crippen LogP contribution is 1.96. The summed E-state index contributed by atoms with van der Waals surface area (Å²) in [7, 11) is 0. The van der Waals surface area contributed by atoms with Crippen molar-refractivity contribution in [2.45, 2.75) is 13.5 Å². The first-order valence-corrected chi connectivity index (χ1v) is 2.65. The van der Waals surface area contributed by atoms with Crippen LogP contribution in [0.15, 0.2) is 18.3 Å². The van der Waals surface area contributed by atoms with Crippen molar-refractivity contribution in [3.63, 3.8) is 0 Å². The molecule has 0 bridgehead atoms. The summed E-state index contributed by atoms with van der Waals surface area (Å²) in [6.45, 7) is 2.61. The van der Waals surface area contributed by atoms with E-state index >= 15 is 0 Å². The number of aryl methyl sites for hydroxylation is 1. The fourth-order valence-corrected chi connectivity index (χ4v) is 0.650. The van der Waals surface area contributed by atoms with Gasteiger partial charge in [-0.2, -0.15) is 4.39 Å². The Balaban J connectivity index is 2.92. The highest BCUT2D eigenvalue weighted by atomic mass is 19.1. The molecular formula is C6H8FN. The fourth-order valence-electron chi connectivity index (χ4n) is 0.650. The Bertz CT molecular complexity index is 169. The largest absolute Gasteiger partial charge is 0.325 e. The van der Waals surface area contributed by atoms with Gasteiger partial charge in [0.15, 0.2) is 5.95 Å². The van der Waals surface area contributed by atoms with Gasteiger partial charge in [0.05, 0.1) is 0 Å². The first kappa shape index (κ1) is 5.35. The molecule has 0 radical (unpaired) electrons. The number of rotatable bonds is 1. The highest BCUT2D eigenvalue weighted by Gasteiger charge is 1.91. The summed E-state index contributed by atoms with van der Waals surface area (Å²) in [4.78, 5) is 0. The minimum absolute atomic E-state index is 0.160. The Kier molecular flexibility index (Phi) is 1.33. The van der Waals surface area contributed by atoms with Gasteiger partial charge in [-0.1, -0.05) is 0 Å². The maximum absolute atomic E-state index is 12.3. The van der Waals surface area contributed by atoms with Crippen molar-refractivity contribution in [1.29, 1.82) is 0 Å². The predicted molar refractivity (Wildman–Crippen MR) is 30.1 cm³/mol. The van der Waals surface area contributed by atoms with E-state index in [0.717, 1.165) is 0 Å². The number of hydrogen-bond donors (Lipinski definition) is 0. The normalized spacial score (nSPS) is 9.75. The SMILES string of the molecule is CCn1cccc1F. The smallest absolute Gasteiger partial charge is 0.193 e. The third-order valence-corrected chi connectivity index (χ3v) is 1.11. The third-order valence-electron chi connectivity index (χ3n) is 1.11. The molecule has 0 saturated heterocycles. The number of aromatic nitrogens is 1. The lowest BCUT2D eigenvalue weighted by atomic mass is 10.7. The molecule has 0 aliphatic heterocycles. The second kappa shape index (κ2) is 1.99. The molecule has 0 aliphatic carbocycles. The second-order valence-electron chi connectivity index (χ2n) is 1.62. The maximum atomic E-state index is 12.3. The topological polar surface area (TPSA) is 4.93 Å². The van der Waals surface area contributed by atoms with Crippen LogP contribution in [0.4, 0.5) is 4.39 Å². The number of halogens is 1. The molecule has 0 amide bonds. The Morgan fingerprint density at radius 1 is 1.75 bits per heavy atom. The van der Waals surface area contributed by atoms with E-state index in [1.165, 1.54) is 6.07 Å². The van der Waals surface area contributed by atoms with E-state index in [1.807, 2.05) is 6.92 Å². The molecule has 0 N–H and O–H groups in total. The van der Waals surface area contributed by atoms with E-state index < -0.39 is 0 Å². The van der Waals surface area contributed by atoms with E-state index in [0.29, 0.717) is 6.54 Å².